The van der Waals surface area contributed by atoms with Crippen molar-refractivity contribution >= 4 is 23.3 Å². The zero-order chi connectivity index (χ0) is 17.2. The highest BCUT2D eigenvalue weighted by Gasteiger charge is 2.34. The predicted octanol–water partition coefficient (Wildman–Crippen LogP) is 3.63. The quantitative estimate of drug-likeness (QED) is 0.900. The second-order valence-electron chi connectivity index (χ2n) is 6.71. The van der Waals surface area contributed by atoms with Crippen molar-refractivity contribution in [3.8, 4) is 0 Å². The maximum atomic E-state index is 12.3. The van der Waals surface area contributed by atoms with Gasteiger partial charge in [-0.3, -0.25) is 4.79 Å². The lowest BCUT2D eigenvalue weighted by Crippen LogP contribution is -2.36. The van der Waals surface area contributed by atoms with Crippen LogP contribution in [0.4, 0.5) is 16.2 Å². The summed E-state index contributed by atoms with van der Waals surface area (Å²) in [5.41, 5.74) is 3.87. The van der Waals surface area contributed by atoms with Crippen LogP contribution in [0.3, 0.4) is 0 Å². The Morgan fingerprint density at radius 1 is 0.920 bits per heavy atom. The van der Waals surface area contributed by atoms with E-state index in [4.69, 9.17) is 0 Å². The molecule has 0 bridgehead atoms. The summed E-state index contributed by atoms with van der Waals surface area (Å²) >= 11 is 0. The first-order valence-corrected chi connectivity index (χ1v) is 8.73. The van der Waals surface area contributed by atoms with E-state index in [1.54, 1.807) is 0 Å². The first-order chi connectivity index (χ1) is 12.2. The predicted molar refractivity (Wildman–Crippen MR) is 97.4 cm³/mol. The van der Waals surface area contributed by atoms with Gasteiger partial charge in [0.05, 0.1) is 0 Å². The standard InChI is InChI=1S/C20H21N3O2/c24-19(15-6-7-15)23-11-10-14-8-9-18(12-16(14)13-23)22-20(25)21-17-4-2-1-3-5-17/h1-5,8-9,12,15H,6-7,10-11,13H2,(H2,21,22,25). The third-order valence-corrected chi connectivity index (χ3v) is 4.75. The molecule has 1 fully saturated rings. The fourth-order valence-electron chi connectivity index (χ4n) is 3.23. The minimum atomic E-state index is -0.270. The molecule has 1 heterocycles. The third kappa shape index (κ3) is 3.65. The number of carbonyl (C=O) groups excluding carboxylic acids is 2. The van der Waals surface area contributed by atoms with Crippen LogP contribution in [0.2, 0.25) is 0 Å². The fourth-order valence-corrected chi connectivity index (χ4v) is 3.23. The zero-order valence-corrected chi connectivity index (χ0v) is 14.0. The number of amides is 3. The molecule has 0 radical (unpaired) electrons. The lowest BCUT2D eigenvalue weighted by Gasteiger charge is -2.29. The summed E-state index contributed by atoms with van der Waals surface area (Å²) in [5.74, 6) is 0.533. The highest BCUT2D eigenvalue weighted by Crippen LogP contribution is 2.33. The van der Waals surface area contributed by atoms with Crippen molar-refractivity contribution in [2.45, 2.75) is 25.8 Å². The first-order valence-electron chi connectivity index (χ1n) is 8.73. The summed E-state index contributed by atoms with van der Waals surface area (Å²) in [6.07, 6.45) is 2.94. The molecule has 5 heteroatoms. The molecule has 5 nitrogen and oxygen atoms in total. The highest BCUT2D eigenvalue weighted by atomic mass is 16.2. The molecule has 0 aromatic heterocycles. The molecule has 0 spiro atoms. The highest BCUT2D eigenvalue weighted by molar-refractivity contribution is 5.99. The van der Waals surface area contributed by atoms with E-state index in [1.165, 1.54) is 5.56 Å². The van der Waals surface area contributed by atoms with Gasteiger partial charge >= 0.3 is 6.03 Å². The number of anilines is 2. The van der Waals surface area contributed by atoms with Crippen LogP contribution in [0, 0.1) is 5.92 Å². The monoisotopic (exact) mass is 335 g/mol. The number of carbonyl (C=O) groups is 2. The van der Waals surface area contributed by atoms with Crippen LogP contribution in [0.5, 0.6) is 0 Å². The molecule has 0 atom stereocenters. The fraction of sp³-hybridized carbons (Fsp3) is 0.300. The molecule has 2 aliphatic rings. The molecule has 1 saturated carbocycles. The Hall–Kier alpha value is -2.82. The SMILES string of the molecule is O=C(Nc1ccccc1)Nc1ccc2c(c1)CN(C(=O)C1CC1)CC2. The van der Waals surface area contributed by atoms with Gasteiger partial charge in [-0.1, -0.05) is 24.3 Å². The van der Waals surface area contributed by atoms with Gasteiger partial charge in [0.25, 0.3) is 0 Å². The number of benzene rings is 2. The van der Waals surface area contributed by atoms with Crippen molar-refractivity contribution in [3.05, 3.63) is 59.7 Å². The van der Waals surface area contributed by atoms with E-state index in [-0.39, 0.29) is 17.9 Å². The van der Waals surface area contributed by atoms with Gasteiger partial charge in [0, 0.05) is 30.4 Å². The van der Waals surface area contributed by atoms with Gasteiger partial charge in [-0.2, -0.15) is 0 Å². The van der Waals surface area contributed by atoms with E-state index in [0.717, 1.165) is 42.7 Å². The molecule has 0 saturated heterocycles. The summed E-state index contributed by atoms with van der Waals surface area (Å²) in [6, 6.07) is 15.0. The topological polar surface area (TPSA) is 61.4 Å². The second kappa shape index (κ2) is 6.59. The van der Waals surface area contributed by atoms with Crippen molar-refractivity contribution < 1.29 is 9.59 Å². The lowest BCUT2D eigenvalue weighted by atomic mass is 9.98. The average Bonchev–Trinajstić information content (AvgIpc) is 3.46. The van der Waals surface area contributed by atoms with Crippen LogP contribution in [0.1, 0.15) is 24.0 Å². The van der Waals surface area contributed by atoms with Crippen molar-refractivity contribution in [2.24, 2.45) is 5.92 Å². The van der Waals surface area contributed by atoms with Crippen molar-refractivity contribution in [1.82, 2.24) is 4.90 Å². The Bertz CT molecular complexity index is 800. The molecule has 0 unspecified atom stereocenters. The Morgan fingerprint density at radius 2 is 1.68 bits per heavy atom. The third-order valence-electron chi connectivity index (χ3n) is 4.75. The summed E-state index contributed by atoms with van der Waals surface area (Å²) in [6.45, 7) is 1.43. The number of nitrogens with zero attached hydrogens (tertiary/aromatic N) is 1. The summed E-state index contributed by atoms with van der Waals surface area (Å²) in [7, 11) is 0. The molecular formula is C20H21N3O2. The zero-order valence-electron chi connectivity index (χ0n) is 14.0. The minimum Gasteiger partial charge on any atom is -0.338 e. The molecule has 4 rings (SSSR count). The second-order valence-corrected chi connectivity index (χ2v) is 6.71. The number of fused-ring (bicyclic) bond motifs is 1. The Balaban J connectivity index is 1.42. The smallest absolute Gasteiger partial charge is 0.323 e. The normalized spacial score (nSPS) is 16.1. The molecule has 3 amide bonds. The molecule has 2 N–H and O–H groups in total. The Labute approximate surface area is 147 Å². The van der Waals surface area contributed by atoms with Gasteiger partial charge in [-0.05, 0) is 54.7 Å². The van der Waals surface area contributed by atoms with Crippen molar-refractivity contribution in [2.75, 3.05) is 17.2 Å². The Morgan fingerprint density at radius 3 is 2.44 bits per heavy atom. The Kier molecular flexibility index (Phi) is 4.14. The van der Waals surface area contributed by atoms with E-state index in [9.17, 15) is 9.59 Å². The molecule has 2 aromatic carbocycles. The number of rotatable bonds is 3. The number of para-hydroxylation sites is 1. The van der Waals surface area contributed by atoms with E-state index in [1.807, 2.05) is 53.4 Å². The number of nitrogens with one attached hydrogen (secondary N) is 2. The number of urea groups is 1. The summed E-state index contributed by atoms with van der Waals surface area (Å²) in [4.78, 5) is 26.4. The average molecular weight is 335 g/mol. The minimum absolute atomic E-state index is 0.250. The van der Waals surface area contributed by atoms with Crippen molar-refractivity contribution in [3.63, 3.8) is 0 Å². The maximum Gasteiger partial charge on any atom is 0.323 e. The van der Waals surface area contributed by atoms with Crippen molar-refractivity contribution in [1.29, 1.82) is 0 Å². The van der Waals surface area contributed by atoms with Gasteiger partial charge in [0.2, 0.25) is 5.91 Å². The van der Waals surface area contributed by atoms with Crippen LogP contribution in [0.25, 0.3) is 0 Å². The molecule has 25 heavy (non-hydrogen) atoms. The van der Waals surface area contributed by atoms with Crippen LogP contribution >= 0.6 is 0 Å². The van der Waals surface area contributed by atoms with Gasteiger partial charge in [-0.15, -0.1) is 0 Å². The maximum absolute atomic E-state index is 12.3. The molecular weight excluding hydrogens is 314 g/mol. The van der Waals surface area contributed by atoms with Gasteiger partial charge in [-0.25, -0.2) is 4.79 Å². The number of hydrogen-bond acceptors (Lipinski definition) is 2. The van der Waals surface area contributed by atoms with E-state index < -0.39 is 0 Å². The number of hydrogen-bond donors (Lipinski definition) is 2. The van der Waals surface area contributed by atoms with Crippen LogP contribution < -0.4 is 10.6 Å². The van der Waals surface area contributed by atoms with Gasteiger partial charge in [0.1, 0.15) is 0 Å². The van der Waals surface area contributed by atoms with Crippen LogP contribution in [-0.4, -0.2) is 23.4 Å². The van der Waals surface area contributed by atoms with E-state index in [0.29, 0.717) is 6.54 Å². The summed E-state index contributed by atoms with van der Waals surface area (Å²) in [5, 5.41) is 5.67. The van der Waals surface area contributed by atoms with Crippen LogP contribution in [0.15, 0.2) is 48.5 Å². The largest absolute Gasteiger partial charge is 0.338 e. The molecule has 1 aliphatic heterocycles. The molecule has 2 aromatic rings. The van der Waals surface area contributed by atoms with Crippen LogP contribution in [-0.2, 0) is 17.8 Å². The lowest BCUT2D eigenvalue weighted by molar-refractivity contribution is -0.133. The van der Waals surface area contributed by atoms with E-state index >= 15 is 0 Å². The first kappa shape index (κ1) is 15.7. The van der Waals surface area contributed by atoms with Gasteiger partial charge < -0.3 is 15.5 Å². The van der Waals surface area contributed by atoms with Gasteiger partial charge in [0.15, 0.2) is 0 Å². The molecule has 128 valence electrons. The van der Waals surface area contributed by atoms with E-state index in [2.05, 4.69) is 10.6 Å². The molecule has 1 aliphatic carbocycles. The summed E-state index contributed by atoms with van der Waals surface area (Å²) < 4.78 is 0.